The summed E-state index contributed by atoms with van der Waals surface area (Å²) in [5.41, 5.74) is 3.37. The molecular formula is C22H20IN3O5S. The second-order valence-corrected chi connectivity index (χ2v) is 8.54. The van der Waals surface area contributed by atoms with E-state index in [1.165, 1.54) is 13.2 Å². The molecule has 0 aromatic heterocycles. The van der Waals surface area contributed by atoms with Crippen molar-refractivity contribution in [2.75, 3.05) is 19.0 Å². The average Bonchev–Trinajstić information content (AvgIpc) is 2.72. The van der Waals surface area contributed by atoms with Gasteiger partial charge in [0.1, 0.15) is 5.57 Å². The molecule has 10 heteroatoms. The summed E-state index contributed by atoms with van der Waals surface area (Å²) in [7, 11) is 1.46. The van der Waals surface area contributed by atoms with Crippen LogP contribution in [0, 0.1) is 17.4 Å². The molecule has 3 N–H and O–H groups in total. The van der Waals surface area contributed by atoms with Crippen molar-refractivity contribution in [2.45, 2.75) is 13.8 Å². The number of halogens is 1. The zero-order valence-electron chi connectivity index (χ0n) is 17.5. The molecule has 1 aliphatic heterocycles. The van der Waals surface area contributed by atoms with Crippen molar-refractivity contribution in [2.24, 2.45) is 0 Å². The summed E-state index contributed by atoms with van der Waals surface area (Å²) >= 11 is 6.83. The van der Waals surface area contributed by atoms with Crippen molar-refractivity contribution < 1.29 is 23.9 Å². The topological polar surface area (TPSA) is 106 Å². The monoisotopic (exact) mass is 565 g/mol. The van der Waals surface area contributed by atoms with E-state index in [1.807, 2.05) is 54.6 Å². The molecule has 3 amide bonds. The molecule has 0 bridgehead atoms. The first-order valence-corrected chi connectivity index (χ1v) is 10.9. The van der Waals surface area contributed by atoms with Crippen LogP contribution < -0.4 is 25.4 Å². The molecule has 0 aliphatic carbocycles. The predicted molar refractivity (Wildman–Crippen MR) is 133 cm³/mol. The summed E-state index contributed by atoms with van der Waals surface area (Å²) in [4.78, 5) is 36.5. The average molecular weight is 565 g/mol. The molecule has 8 nitrogen and oxygen atoms in total. The number of rotatable bonds is 6. The fourth-order valence-corrected chi connectivity index (χ4v) is 3.86. The zero-order valence-corrected chi connectivity index (χ0v) is 20.5. The van der Waals surface area contributed by atoms with Gasteiger partial charge in [0, 0.05) is 5.69 Å². The van der Waals surface area contributed by atoms with Gasteiger partial charge in [-0.15, -0.1) is 0 Å². The lowest BCUT2D eigenvalue weighted by atomic mass is 10.1. The van der Waals surface area contributed by atoms with E-state index in [4.69, 9.17) is 21.7 Å². The van der Waals surface area contributed by atoms with Crippen LogP contribution in [0.3, 0.4) is 0 Å². The van der Waals surface area contributed by atoms with Crippen LogP contribution in [-0.2, 0) is 14.4 Å². The Morgan fingerprint density at radius 1 is 1.12 bits per heavy atom. The molecule has 0 spiro atoms. The molecule has 1 aliphatic rings. The number of carbonyl (C=O) groups excluding carboxylic acids is 3. The Morgan fingerprint density at radius 3 is 2.44 bits per heavy atom. The normalized spacial score (nSPS) is 13.2. The van der Waals surface area contributed by atoms with E-state index in [0.29, 0.717) is 26.3 Å². The fourth-order valence-electron chi connectivity index (χ4n) is 2.89. The predicted octanol–water partition coefficient (Wildman–Crippen LogP) is 2.85. The standard InChI is InChI=1S/C22H20IN3O5S/c1-11-4-5-14(6-12(11)2)24-18(27)10-31-19-16(23)8-13(9-17(19)30-3)7-15-20(28)25-22(32)26-21(15)29/h4-9H,10H2,1-3H3,(H,24,27)(H2,25,26,28,29,32). The third kappa shape index (κ3) is 5.62. The van der Waals surface area contributed by atoms with Gasteiger partial charge in [-0.3, -0.25) is 25.0 Å². The Labute approximate surface area is 203 Å². The van der Waals surface area contributed by atoms with Gasteiger partial charge in [-0.1, -0.05) is 6.07 Å². The lowest BCUT2D eigenvalue weighted by Gasteiger charge is -2.17. The molecule has 1 saturated heterocycles. The first-order valence-electron chi connectivity index (χ1n) is 9.43. The summed E-state index contributed by atoms with van der Waals surface area (Å²) in [6.07, 6.45) is 1.42. The van der Waals surface area contributed by atoms with E-state index in [0.717, 1.165) is 11.1 Å². The van der Waals surface area contributed by atoms with Gasteiger partial charge in [0.05, 0.1) is 10.7 Å². The minimum atomic E-state index is -0.587. The highest BCUT2D eigenvalue weighted by molar-refractivity contribution is 14.1. The number of methoxy groups -OCH3 is 1. The highest BCUT2D eigenvalue weighted by Gasteiger charge is 2.26. The Kier molecular flexibility index (Phi) is 7.46. The van der Waals surface area contributed by atoms with Crippen LogP contribution in [0.4, 0.5) is 5.69 Å². The highest BCUT2D eigenvalue weighted by atomic mass is 127. The van der Waals surface area contributed by atoms with Gasteiger partial charge >= 0.3 is 0 Å². The van der Waals surface area contributed by atoms with Gasteiger partial charge in [0.2, 0.25) is 0 Å². The number of hydrogen-bond donors (Lipinski definition) is 3. The SMILES string of the molecule is COc1cc(C=C2C(=O)NC(=S)NC2=O)cc(I)c1OCC(=O)Nc1ccc(C)c(C)c1. The number of amides is 3. The molecule has 0 radical (unpaired) electrons. The Bertz CT molecular complexity index is 1140. The molecule has 2 aromatic carbocycles. The van der Waals surface area contributed by atoms with E-state index in [-0.39, 0.29) is 23.2 Å². The maximum absolute atomic E-state index is 12.3. The Balaban J connectivity index is 1.75. The largest absolute Gasteiger partial charge is 0.493 e. The van der Waals surface area contributed by atoms with Crippen LogP contribution in [-0.4, -0.2) is 36.6 Å². The smallest absolute Gasteiger partial charge is 0.263 e. The first-order chi connectivity index (χ1) is 15.2. The Morgan fingerprint density at radius 2 is 1.81 bits per heavy atom. The molecule has 1 heterocycles. The quantitative estimate of drug-likeness (QED) is 0.216. The van der Waals surface area contributed by atoms with Crippen LogP contribution in [0.15, 0.2) is 35.9 Å². The van der Waals surface area contributed by atoms with E-state index in [2.05, 4.69) is 16.0 Å². The zero-order chi connectivity index (χ0) is 23.4. The molecule has 0 saturated carbocycles. The molecule has 1 fully saturated rings. The number of ether oxygens (including phenoxy) is 2. The summed E-state index contributed by atoms with van der Waals surface area (Å²) < 4.78 is 11.7. The van der Waals surface area contributed by atoms with Crippen molar-refractivity contribution in [1.29, 1.82) is 0 Å². The van der Waals surface area contributed by atoms with E-state index in [1.54, 1.807) is 12.1 Å². The van der Waals surface area contributed by atoms with Gasteiger partial charge < -0.3 is 14.8 Å². The Hall–Kier alpha value is -2.99. The van der Waals surface area contributed by atoms with Crippen LogP contribution in [0.1, 0.15) is 16.7 Å². The fraction of sp³-hybridized carbons (Fsp3) is 0.182. The van der Waals surface area contributed by atoms with Crippen LogP contribution in [0.5, 0.6) is 11.5 Å². The second kappa shape index (κ2) is 10.1. The van der Waals surface area contributed by atoms with Crippen molar-refractivity contribution in [3.05, 3.63) is 56.2 Å². The first kappa shape index (κ1) is 23.7. The summed E-state index contributed by atoms with van der Waals surface area (Å²) in [5, 5.41) is 7.53. The third-order valence-corrected chi connectivity index (χ3v) is 5.65. The van der Waals surface area contributed by atoms with E-state index in [9.17, 15) is 14.4 Å². The number of nitrogens with one attached hydrogen (secondary N) is 3. The van der Waals surface area contributed by atoms with E-state index < -0.39 is 11.8 Å². The molecule has 0 unspecified atom stereocenters. The van der Waals surface area contributed by atoms with Crippen LogP contribution >= 0.6 is 34.8 Å². The van der Waals surface area contributed by atoms with Gasteiger partial charge in [-0.2, -0.15) is 0 Å². The highest BCUT2D eigenvalue weighted by Crippen LogP contribution is 2.34. The molecular weight excluding hydrogens is 545 g/mol. The van der Waals surface area contributed by atoms with Crippen LogP contribution in [0.2, 0.25) is 0 Å². The van der Waals surface area contributed by atoms with Gasteiger partial charge in [0.15, 0.2) is 23.2 Å². The lowest BCUT2D eigenvalue weighted by Crippen LogP contribution is -2.51. The summed E-state index contributed by atoms with van der Waals surface area (Å²) in [6.45, 7) is 3.75. The second-order valence-electron chi connectivity index (χ2n) is 6.97. The molecule has 2 aromatic rings. The van der Waals surface area contributed by atoms with Crippen LogP contribution in [0.25, 0.3) is 6.08 Å². The lowest BCUT2D eigenvalue weighted by molar-refractivity contribution is -0.123. The maximum Gasteiger partial charge on any atom is 0.263 e. The van der Waals surface area contributed by atoms with Crippen molar-refractivity contribution in [1.82, 2.24) is 10.6 Å². The third-order valence-electron chi connectivity index (χ3n) is 4.64. The summed E-state index contributed by atoms with van der Waals surface area (Å²) in [5.74, 6) is -0.755. The van der Waals surface area contributed by atoms with Crippen molar-refractivity contribution in [3.8, 4) is 11.5 Å². The van der Waals surface area contributed by atoms with Crippen molar-refractivity contribution >= 4 is 69.4 Å². The molecule has 0 atom stereocenters. The number of benzene rings is 2. The molecule has 32 heavy (non-hydrogen) atoms. The van der Waals surface area contributed by atoms with E-state index >= 15 is 0 Å². The number of aryl methyl sites for hydroxylation is 2. The summed E-state index contributed by atoms with van der Waals surface area (Å²) in [6, 6.07) is 8.98. The maximum atomic E-state index is 12.3. The van der Waals surface area contributed by atoms with Gasteiger partial charge in [-0.25, -0.2) is 0 Å². The number of thiocarbonyl (C=S) groups is 1. The molecule has 166 valence electrons. The number of carbonyl (C=O) groups is 3. The van der Waals surface area contributed by atoms with Crippen molar-refractivity contribution in [3.63, 3.8) is 0 Å². The molecule has 3 rings (SSSR count). The van der Waals surface area contributed by atoms with Gasteiger partial charge in [-0.05, 0) is 95.7 Å². The number of anilines is 1. The minimum Gasteiger partial charge on any atom is -0.493 e. The van der Waals surface area contributed by atoms with Gasteiger partial charge in [0.25, 0.3) is 17.7 Å². The number of hydrogen-bond acceptors (Lipinski definition) is 6. The minimum absolute atomic E-state index is 0.0351.